The fourth-order valence-electron chi connectivity index (χ4n) is 1.55. The molecule has 0 amide bonds. The van der Waals surface area contributed by atoms with Gasteiger partial charge in [-0.25, -0.2) is 0 Å². The highest BCUT2D eigenvalue weighted by Gasteiger charge is 2.15. The summed E-state index contributed by atoms with van der Waals surface area (Å²) in [5, 5.41) is 10.2. The fraction of sp³-hybridized carbons (Fsp3) is 0. The van der Waals surface area contributed by atoms with Crippen molar-refractivity contribution in [3.8, 4) is 5.75 Å². The van der Waals surface area contributed by atoms with Crippen LogP contribution in [0.1, 0.15) is 0 Å². The van der Waals surface area contributed by atoms with E-state index in [0.717, 1.165) is 0 Å². The first-order chi connectivity index (χ1) is 7.41. The summed E-state index contributed by atoms with van der Waals surface area (Å²) >= 11 is 0. The molecule has 84 valence electrons. The lowest BCUT2D eigenvalue weighted by Crippen LogP contribution is -1.99. The predicted octanol–water partition coefficient (Wildman–Crippen LogP) is 1.37. The van der Waals surface area contributed by atoms with E-state index in [-0.39, 0.29) is 27.1 Å². The minimum atomic E-state index is -4.31. The van der Waals surface area contributed by atoms with Crippen LogP contribution in [-0.2, 0) is 10.1 Å². The van der Waals surface area contributed by atoms with E-state index in [1.165, 1.54) is 30.3 Å². The molecule has 0 fully saturated rings. The number of phenols is 1. The first-order valence-electron chi connectivity index (χ1n) is 4.39. The molecule has 0 saturated heterocycles. The van der Waals surface area contributed by atoms with Gasteiger partial charge in [0.2, 0.25) is 0 Å². The molecule has 2 aromatic rings. The highest BCUT2D eigenvalue weighted by atomic mass is 32.2. The summed E-state index contributed by atoms with van der Waals surface area (Å²) in [6.45, 7) is 0. The van der Waals surface area contributed by atoms with E-state index in [4.69, 9.17) is 10.3 Å². The molecule has 0 spiro atoms. The Morgan fingerprint density at radius 2 is 1.75 bits per heavy atom. The molecular weight excluding hydrogens is 230 g/mol. The molecule has 0 unspecified atom stereocenters. The van der Waals surface area contributed by atoms with Crippen molar-refractivity contribution >= 4 is 26.6 Å². The van der Waals surface area contributed by atoms with Gasteiger partial charge < -0.3 is 10.8 Å². The zero-order chi connectivity index (χ0) is 11.9. The lowest BCUT2D eigenvalue weighted by molar-refractivity contribution is 0.483. The molecular formula is C10H9NO4S. The fourth-order valence-corrected chi connectivity index (χ4v) is 2.26. The molecule has 0 saturated carbocycles. The number of nitrogens with two attached hydrogens (primary N) is 1. The van der Waals surface area contributed by atoms with Crippen molar-refractivity contribution in [1.82, 2.24) is 0 Å². The number of fused-ring (bicyclic) bond motifs is 1. The Hall–Kier alpha value is -1.79. The molecule has 2 aromatic carbocycles. The summed E-state index contributed by atoms with van der Waals surface area (Å²) < 4.78 is 31.2. The van der Waals surface area contributed by atoms with E-state index in [1.54, 1.807) is 0 Å². The molecule has 6 heteroatoms. The number of anilines is 1. The lowest BCUT2D eigenvalue weighted by Gasteiger charge is -2.06. The van der Waals surface area contributed by atoms with Crippen molar-refractivity contribution in [2.75, 3.05) is 5.73 Å². The summed E-state index contributed by atoms with van der Waals surface area (Å²) in [6, 6.07) is 7.02. The molecule has 4 N–H and O–H groups in total. The molecule has 0 aromatic heterocycles. The summed E-state index contributed by atoms with van der Waals surface area (Å²) in [4.78, 5) is -0.250. The highest BCUT2D eigenvalue weighted by Crippen LogP contribution is 2.33. The van der Waals surface area contributed by atoms with Crippen LogP contribution >= 0.6 is 0 Å². The number of hydrogen-bond acceptors (Lipinski definition) is 4. The van der Waals surface area contributed by atoms with E-state index in [0.29, 0.717) is 0 Å². The first kappa shape index (κ1) is 10.7. The van der Waals surface area contributed by atoms with Gasteiger partial charge in [-0.1, -0.05) is 18.2 Å². The lowest BCUT2D eigenvalue weighted by atomic mass is 10.1. The Morgan fingerprint density at radius 3 is 2.38 bits per heavy atom. The van der Waals surface area contributed by atoms with Crippen molar-refractivity contribution in [2.45, 2.75) is 4.90 Å². The van der Waals surface area contributed by atoms with Gasteiger partial charge in [-0.2, -0.15) is 8.42 Å². The van der Waals surface area contributed by atoms with Gasteiger partial charge in [0.25, 0.3) is 10.1 Å². The third-order valence-corrected chi connectivity index (χ3v) is 3.21. The molecule has 0 aliphatic rings. The minimum absolute atomic E-state index is 0.153. The molecule has 0 bridgehead atoms. The van der Waals surface area contributed by atoms with Crippen LogP contribution in [0.15, 0.2) is 35.2 Å². The van der Waals surface area contributed by atoms with Gasteiger partial charge in [0.05, 0.1) is 5.69 Å². The topological polar surface area (TPSA) is 101 Å². The summed E-state index contributed by atoms with van der Waals surface area (Å²) in [6.07, 6.45) is 0. The van der Waals surface area contributed by atoms with E-state index >= 15 is 0 Å². The Balaban J connectivity index is 2.96. The van der Waals surface area contributed by atoms with Gasteiger partial charge in [-0.05, 0) is 12.1 Å². The summed E-state index contributed by atoms with van der Waals surface area (Å²) in [5.41, 5.74) is 5.64. The average Bonchev–Trinajstić information content (AvgIpc) is 2.21. The quantitative estimate of drug-likeness (QED) is 0.396. The second-order valence-electron chi connectivity index (χ2n) is 3.33. The van der Waals surface area contributed by atoms with Crippen LogP contribution in [-0.4, -0.2) is 18.1 Å². The zero-order valence-electron chi connectivity index (χ0n) is 8.08. The van der Waals surface area contributed by atoms with Crippen molar-refractivity contribution in [2.24, 2.45) is 0 Å². The predicted molar refractivity (Wildman–Crippen MR) is 59.8 cm³/mol. The molecule has 5 nitrogen and oxygen atoms in total. The minimum Gasteiger partial charge on any atom is -0.505 e. The maximum Gasteiger partial charge on any atom is 0.295 e. The van der Waals surface area contributed by atoms with Gasteiger partial charge in [-0.15, -0.1) is 0 Å². The van der Waals surface area contributed by atoms with Gasteiger partial charge in [-0.3, -0.25) is 4.55 Å². The highest BCUT2D eigenvalue weighted by molar-refractivity contribution is 7.86. The largest absolute Gasteiger partial charge is 0.505 e. The Morgan fingerprint density at radius 1 is 1.06 bits per heavy atom. The molecule has 0 radical (unpaired) electrons. The van der Waals surface area contributed by atoms with Crippen LogP contribution in [0.2, 0.25) is 0 Å². The van der Waals surface area contributed by atoms with Crippen LogP contribution in [0.25, 0.3) is 10.8 Å². The molecule has 2 rings (SSSR count). The molecule has 16 heavy (non-hydrogen) atoms. The summed E-state index contributed by atoms with van der Waals surface area (Å²) in [5.74, 6) is -0.192. The monoisotopic (exact) mass is 239 g/mol. The Labute approximate surface area is 91.9 Å². The van der Waals surface area contributed by atoms with Gasteiger partial charge in [0.15, 0.2) is 0 Å². The summed E-state index contributed by atoms with van der Waals surface area (Å²) in [7, 11) is -4.31. The molecule has 0 aliphatic heterocycles. The van der Waals surface area contributed by atoms with E-state index in [2.05, 4.69) is 0 Å². The smallest absolute Gasteiger partial charge is 0.295 e. The Kier molecular flexibility index (Phi) is 2.25. The third kappa shape index (κ3) is 1.58. The van der Waals surface area contributed by atoms with Crippen molar-refractivity contribution in [3.63, 3.8) is 0 Å². The molecule has 0 aliphatic carbocycles. The SMILES string of the molecule is Nc1ccc2c(S(=O)(=O)O)cccc2c1O. The van der Waals surface area contributed by atoms with Crippen LogP contribution in [0, 0.1) is 0 Å². The van der Waals surface area contributed by atoms with Crippen molar-refractivity contribution in [3.05, 3.63) is 30.3 Å². The number of benzene rings is 2. The van der Waals surface area contributed by atoms with E-state index < -0.39 is 10.1 Å². The maximum absolute atomic E-state index is 11.1. The number of nitrogen functional groups attached to an aromatic ring is 1. The van der Waals surface area contributed by atoms with Crippen LogP contribution in [0.3, 0.4) is 0 Å². The average molecular weight is 239 g/mol. The van der Waals surface area contributed by atoms with Gasteiger partial charge in [0, 0.05) is 10.8 Å². The van der Waals surface area contributed by atoms with Gasteiger partial charge in [0.1, 0.15) is 10.6 Å². The maximum atomic E-state index is 11.1. The van der Waals surface area contributed by atoms with Crippen LogP contribution < -0.4 is 5.73 Å². The number of phenolic OH excluding ortho intramolecular Hbond substituents is 1. The van der Waals surface area contributed by atoms with Crippen LogP contribution in [0.5, 0.6) is 5.75 Å². The number of rotatable bonds is 1. The Bertz CT molecular complexity index is 664. The number of aromatic hydroxyl groups is 1. The van der Waals surface area contributed by atoms with Crippen molar-refractivity contribution in [1.29, 1.82) is 0 Å². The van der Waals surface area contributed by atoms with Crippen molar-refractivity contribution < 1.29 is 18.1 Å². The number of hydrogen-bond donors (Lipinski definition) is 3. The second kappa shape index (κ2) is 3.36. The standard InChI is InChI=1S/C10H9NO4S/c11-8-5-4-6-7(10(8)12)2-1-3-9(6)16(13,14)15/h1-5,12H,11H2,(H,13,14,15). The normalized spacial score (nSPS) is 11.8. The third-order valence-electron chi connectivity index (χ3n) is 2.30. The zero-order valence-corrected chi connectivity index (χ0v) is 8.90. The van der Waals surface area contributed by atoms with Crippen LogP contribution in [0.4, 0.5) is 5.69 Å². The second-order valence-corrected chi connectivity index (χ2v) is 4.72. The molecule has 0 atom stereocenters. The van der Waals surface area contributed by atoms with E-state index in [1.807, 2.05) is 0 Å². The molecule has 0 heterocycles. The van der Waals surface area contributed by atoms with Gasteiger partial charge >= 0.3 is 0 Å². The van der Waals surface area contributed by atoms with E-state index in [9.17, 15) is 13.5 Å². The first-order valence-corrected chi connectivity index (χ1v) is 5.83.